The van der Waals surface area contributed by atoms with Crippen LogP contribution in [0.15, 0.2) is 60.4 Å². The van der Waals surface area contributed by atoms with Gasteiger partial charge in [-0.05, 0) is 37.1 Å². The Morgan fingerprint density at radius 2 is 1.92 bits per heavy atom. The van der Waals surface area contributed by atoms with Crippen LogP contribution < -0.4 is 0 Å². The summed E-state index contributed by atoms with van der Waals surface area (Å²) < 4.78 is 5.74. The van der Waals surface area contributed by atoms with Gasteiger partial charge in [0.05, 0.1) is 5.57 Å². The summed E-state index contributed by atoms with van der Waals surface area (Å²) in [5, 5.41) is 0.595. The zero-order chi connectivity index (χ0) is 18.7. The van der Waals surface area contributed by atoms with E-state index >= 15 is 0 Å². The smallest absolute Gasteiger partial charge is 0.261 e. The van der Waals surface area contributed by atoms with Crippen LogP contribution in [-0.2, 0) is 20.7 Å². The molecule has 1 atom stereocenters. The minimum absolute atomic E-state index is 0.0385. The van der Waals surface area contributed by atoms with E-state index in [1.54, 1.807) is 26.0 Å². The molecule has 0 bridgehead atoms. The zero-order valence-electron chi connectivity index (χ0n) is 14.7. The van der Waals surface area contributed by atoms with Crippen molar-refractivity contribution in [2.45, 2.75) is 25.8 Å². The van der Waals surface area contributed by atoms with Crippen LogP contribution in [0.25, 0.3) is 5.57 Å². The number of allylic oxidation sites excluding steroid dienone is 1. The van der Waals surface area contributed by atoms with E-state index in [9.17, 15) is 9.59 Å². The average molecular weight is 370 g/mol. The quantitative estimate of drug-likeness (QED) is 0.746. The Hall–Kier alpha value is -2.59. The minimum atomic E-state index is -1.04. The summed E-state index contributed by atoms with van der Waals surface area (Å²) in [6.45, 7) is 3.55. The molecule has 1 unspecified atom stereocenters. The molecule has 3 rings (SSSR count). The predicted octanol–water partition coefficient (Wildman–Crippen LogP) is 4.09. The first kappa shape index (κ1) is 18.2. The molecule has 1 heterocycles. The molecule has 0 radical (unpaired) electrons. The number of hydrogen-bond acceptors (Lipinski definition) is 3. The monoisotopic (exact) mass is 369 g/mol. The molecule has 0 aromatic heterocycles. The van der Waals surface area contributed by atoms with Crippen LogP contribution in [0.3, 0.4) is 0 Å². The summed E-state index contributed by atoms with van der Waals surface area (Å²) >= 11 is 6.05. The first-order valence-electron chi connectivity index (χ1n) is 8.36. The van der Waals surface area contributed by atoms with E-state index in [0.29, 0.717) is 22.8 Å². The summed E-state index contributed by atoms with van der Waals surface area (Å²) in [5.74, 6) is 0.352. The molecule has 0 N–H and O–H groups in total. The van der Waals surface area contributed by atoms with Gasteiger partial charge in [-0.1, -0.05) is 54.1 Å². The van der Waals surface area contributed by atoms with Gasteiger partial charge in [0.1, 0.15) is 17.6 Å². The lowest BCUT2D eigenvalue weighted by atomic mass is 9.90. The van der Waals surface area contributed by atoms with Gasteiger partial charge in [-0.15, -0.1) is 0 Å². The largest absolute Gasteiger partial charge is 0.477 e. The van der Waals surface area contributed by atoms with E-state index in [1.165, 1.54) is 4.90 Å². The molecule has 0 saturated heterocycles. The van der Waals surface area contributed by atoms with E-state index in [-0.39, 0.29) is 12.6 Å². The molecule has 1 amide bonds. The molecule has 0 fully saturated rings. The second-order valence-corrected chi connectivity index (χ2v) is 7.02. The molecule has 2 aromatic rings. The van der Waals surface area contributed by atoms with Gasteiger partial charge >= 0.3 is 0 Å². The standard InChI is InChI=1S/C21H20ClNO3/c1-15-19(17-8-4-3-5-9-17)20(25)23(14-26-15)21(2,13-24)12-16-7-6-10-18(22)11-16/h3-11,13H,12,14H2,1-2H3. The minimum Gasteiger partial charge on any atom is -0.477 e. The van der Waals surface area contributed by atoms with Crippen LogP contribution >= 0.6 is 11.6 Å². The molecule has 0 saturated carbocycles. The van der Waals surface area contributed by atoms with Crippen molar-refractivity contribution in [3.8, 4) is 0 Å². The second kappa shape index (κ2) is 7.34. The molecule has 1 aliphatic heterocycles. The highest BCUT2D eigenvalue weighted by Crippen LogP contribution is 2.31. The molecule has 0 spiro atoms. The molecule has 2 aromatic carbocycles. The van der Waals surface area contributed by atoms with Gasteiger partial charge in [-0.3, -0.25) is 9.69 Å². The van der Waals surface area contributed by atoms with E-state index in [4.69, 9.17) is 16.3 Å². The lowest BCUT2D eigenvalue weighted by Gasteiger charge is -2.40. The molecular weight excluding hydrogens is 350 g/mol. The number of hydrogen-bond donors (Lipinski definition) is 0. The topological polar surface area (TPSA) is 46.6 Å². The Morgan fingerprint density at radius 1 is 1.19 bits per heavy atom. The number of carbonyl (C=O) groups is 2. The number of ether oxygens (including phenoxy) is 1. The number of halogens is 1. The van der Waals surface area contributed by atoms with Gasteiger partial charge < -0.3 is 9.53 Å². The molecule has 134 valence electrons. The fourth-order valence-electron chi connectivity index (χ4n) is 3.15. The molecule has 1 aliphatic rings. The Bertz CT molecular complexity index is 863. The van der Waals surface area contributed by atoms with Crippen molar-refractivity contribution >= 4 is 29.4 Å². The Kier molecular flexibility index (Phi) is 5.14. The normalized spacial score (nSPS) is 16.9. The van der Waals surface area contributed by atoms with Crippen LogP contribution in [0.5, 0.6) is 0 Å². The third-order valence-electron chi connectivity index (χ3n) is 4.61. The predicted molar refractivity (Wildman–Crippen MR) is 101 cm³/mol. The fourth-order valence-corrected chi connectivity index (χ4v) is 3.36. The Labute approximate surface area is 158 Å². The van der Waals surface area contributed by atoms with E-state index in [0.717, 1.165) is 17.4 Å². The summed E-state index contributed by atoms with van der Waals surface area (Å²) in [5.41, 5.74) is 1.10. The fraction of sp³-hybridized carbons (Fsp3) is 0.238. The number of aldehydes is 1. The third kappa shape index (κ3) is 3.51. The maximum absolute atomic E-state index is 13.2. The van der Waals surface area contributed by atoms with Crippen molar-refractivity contribution in [2.75, 3.05) is 6.73 Å². The molecule has 4 nitrogen and oxygen atoms in total. The van der Waals surface area contributed by atoms with E-state index in [1.807, 2.05) is 42.5 Å². The number of benzene rings is 2. The Morgan fingerprint density at radius 3 is 2.58 bits per heavy atom. The van der Waals surface area contributed by atoms with Crippen LogP contribution in [-0.4, -0.2) is 29.4 Å². The summed E-state index contributed by atoms with van der Waals surface area (Å²) in [6.07, 6.45) is 1.16. The van der Waals surface area contributed by atoms with Gasteiger partial charge in [-0.25, -0.2) is 0 Å². The maximum Gasteiger partial charge on any atom is 0.261 e. The number of nitrogens with zero attached hydrogens (tertiary/aromatic N) is 1. The molecular formula is C21H20ClNO3. The number of amides is 1. The van der Waals surface area contributed by atoms with Crippen LogP contribution in [0.4, 0.5) is 0 Å². The highest BCUT2D eigenvalue weighted by molar-refractivity contribution is 6.30. The highest BCUT2D eigenvalue weighted by Gasteiger charge is 2.40. The van der Waals surface area contributed by atoms with Gasteiger partial charge in [0.15, 0.2) is 6.73 Å². The lowest BCUT2D eigenvalue weighted by molar-refractivity contribution is -0.144. The van der Waals surface area contributed by atoms with Crippen LogP contribution in [0.2, 0.25) is 5.02 Å². The van der Waals surface area contributed by atoms with Crippen molar-refractivity contribution in [3.63, 3.8) is 0 Å². The Balaban J connectivity index is 1.94. The summed E-state index contributed by atoms with van der Waals surface area (Å²) in [6, 6.07) is 16.6. The van der Waals surface area contributed by atoms with Crippen molar-refractivity contribution in [2.24, 2.45) is 0 Å². The van der Waals surface area contributed by atoms with Crippen molar-refractivity contribution < 1.29 is 14.3 Å². The van der Waals surface area contributed by atoms with E-state index in [2.05, 4.69) is 0 Å². The van der Waals surface area contributed by atoms with Gasteiger partial charge in [0, 0.05) is 11.4 Å². The summed E-state index contributed by atoms with van der Waals surface area (Å²) in [7, 11) is 0. The van der Waals surface area contributed by atoms with Crippen molar-refractivity contribution in [1.29, 1.82) is 0 Å². The van der Waals surface area contributed by atoms with E-state index < -0.39 is 5.54 Å². The molecule has 0 aliphatic carbocycles. The van der Waals surface area contributed by atoms with Crippen molar-refractivity contribution in [1.82, 2.24) is 4.90 Å². The van der Waals surface area contributed by atoms with Crippen molar-refractivity contribution in [3.05, 3.63) is 76.5 Å². The van der Waals surface area contributed by atoms with Gasteiger partial charge in [0.25, 0.3) is 5.91 Å². The zero-order valence-corrected chi connectivity index (χ0v) is 15.5. The number of rotatable bonds is 5. The van der Waals surface area contributed by atoms with Gasteiger partial charge in [0.2, 0.25) is 0 Å². The highest BCUT2D eigenvalue weighted by atomic mass is 35.5. The third-order valence-corrected chi connectivity index (χ3v) is 4.84. The first-order chi connectivity index (χ1) is 12.4. The molecule has 26 heavy (non-hydrogen) atoms. The SMILES string of the molecule is CC1=C(c2ccccc2)C(=O)N(C(C)(C=O)Cc2cccc(Cl)c2)CO1. The van der Waals surface area contributed by atoms with Crippen LogP contribution in [0, 0.1) is 0 Å². The summed E-state index contributed by atoms with van der Waals surface area (Å²) in [4.78, 5) is 26.7. The second-order valence-electron chi connectivity index (χ2n) is 6.59. The maximum atomic E-state index is 13.2. The lowest BCUT2D eigenvalue weighted by Crippen LogP contribution is -2.55. The first-order valence-corrected chi connectivity index (χ1v) is 8.74. The molecule has 5 heteroatoms. The average Bonchev–Trinajstić information content (AvgIpc) is 2.62. The van der Waals surface area contributed by atoms with Crippen LogP contribution in [0.1, 0.15) is 25.0 Å². The number of carbonyl (C=O) groups excluding carboxylic acids is 2. The van der Waals surface area contributed by atoms with Gasteiger partial charge in [-0.2, -0.15) is 0 Å².